The minimum atomic E-state index is -3.28. The van der Waals surface area contributed by atoms with Crippen molar-refractivity contribution >= 4 is 66.1 Å². The fourth-order valence-electron chi connectivity index (χ4n) is 8.85. The van der Waals surface area contributed by atoms with Crippen molar-refractivity contribution in [1.82, 2.24) is 0 Å². The smallest absolute Gasteiger partial charge is 0.171 e. The Morgan fingerprint density at radius 3 is 1.69 bits per heavy atom. The number of hydrogen-bond donors (Lipinski definition) is 0. The number of hydrogen-bond acceptors (Lipinski definition) is 1. The Hall–Kier alpha value is -5.75. The van der Waals surface area contributed by atoms with Crippen molar-refractivity contribution in [2.45, 2.75) is 19.3 Å². The molecule has 9 aromatic rings. The Morgan fingerprint density at radius 2 is 0.961 bits per heavy atom. The largest absolute Gasteiger partial charge is 0.309 e. The molecule has 0 bridgehead atoms. The van der Waals surface area contributed by atoms with Crippen molar-refractivity contribution in [2.75, 3.05) is 0 Å². The molecular weight excluding hydrogens is 636 g/mol. The number of rotatable bonds is 3. The highest BCUT2D eigenvalue weighted by Crippen LogP contribution is 2.54. The van der Waals surface area contributed by atoms with Gasteiger partial charge < -0.3 is 4.57 Å². The molecule has 9 aromatic carbocycles. The van der Waals surface area contributed by atoms with Crippen LogP contribution in [0.2, 0.25) is 0 Å². The molecule has 0 saturated carbocycles. The lowest BCUT2D eigenvalue weighted by Crippen LogP contribution is -2.42. The quantitative estimate of drug-likeness (QED) is 0.135. The van der Waals surface area contributed by atoms with E-state index in [1.807, 2.05) is 6.07 Å². The third kappa shape index (κ3) is 4.32. The lowest BCUT2D eigenvalue weighted by atomic mass is 9.77. The molecule has 0 spiro atoms. The normalized spacial score (nSPS) is 16.4. The lowest BCUT2D eigenvalue weighted by Gasteiger charge is -2.40. The molecule has 1 aliphatic rings. The molecule has 0 amide bonds. The molecule has 0 aliphatic carbocycles. The third-order valence-corrected chi connectivity index (χ3v) is 14.4. The molecule has 2 heteroatoms. The van der Waals surface area contributed by atoms with Crippen molar-refractivity contribution in [3.05, 3.63) is 187 Å². The fourth-order valence-corrected chi connectivity index (χ4v) is 12.3. The Morgan fingerprint density at radius 1 is 0.412 bits per heavy atom. The number of fused-ring (bicyclic) bond motifs is 6. The first-order valence-corrected chi connectivity index (χ1v) is 19.4. The summed E-state index contributed by atoms with van der Waals surface area (Å²) in [4.78, 5) is 0. The van der Waals surface area contributed by atoms with Crippen LogP contribution in [0, 0.1) is 0 Å². The van der Waals surface area contributed by atoms with Gasteiger partial charge in [0.15, 0.2) is 7.14 Å². The molecule has 0 radical (unpaired) electrons. The summed E-state index contributed by atoms with van der Waals surface area (Å²) in [5.41, 5.74) is 6.68. The van der Waals surface area contributed by atoms with Gasteiger partial charge in [-0.3, -0.25) is 0 Å². The van der Waals surface area contributed by atoms with Crippen LogP contribution in [0.5, 0.6) is 0 Å². The summed E-state index contributed by atoms with van der Waals surface area (Å²) in [5.74, 6) is 0. The summed E-state index contributed by atoms with van der Waals surface area (Å²) >= 11 is 0. The molecule has 0 saturated heterocycles. The zero-order valence-corrected chi connectivity index (χ0v) is 29.5. The van der Waals surface area contributed by atoms with Gasteiger partial charge in [0.1, 0.15) is 0 Å². The fraction of sp³-hybridized carbons (Fsp3) is 0.0612. The van der Waals surface area contributed by atoms with Crippen LogP contribution in [-0.4, -0.2) is 0 Å². The van der Waals surface area contributed by atoms with Gasteiger partial charge in [-0.25, -0.2) is 0 Å². The average Bonchev–Trinajstić information content (AvgIpc) is 3.18. The molecule has 10 rings (SSSR count). The van der Waals surface area contributed by atoms with Crippen LogP contribution in [0.25, 0.3) is 65.3 Å². The topological polar surface area (TPSA) is 17.1 Å². The van der Waals surface area contributed by atoms with E-state index in [9.17, 15) is 0 Å². The molecule has 1 unspecified atom stereocenters. The van der Waals surface area contributed by atoms with E-state index >= 15 is 4.57 Å². The molecule has 242 valence electrons. The van der Waals surface area contributed by atoms with E-state index < -0.39 is 7.14 Å². The molecule has 1 heterocycles. The predicted octanol–water partition coefficient (Wildman–Crippen LogP) is 11.9. The van der Waals surface area contributed by atoms with Gasteiger partial charge in [0.05, 0.1) is 0 Å². The van der Waals surface area contributed by atoms with E-state index in [0.717, 1.165) is 43.4 Å². The summed E-state index contributed by atoms with van der Waals surface area (Å²) in [6.45, 7) is 4.55. The zero-order chi connectivity index (χ0) is 34.3. The maximum absolute atomic E-state index is 16.3. The van der Waals surface area contributed by atoms with E-state index in [0.29, 0.717) is 0 Å². The van der Waals surface area contributed by atoms with Crippen LogP contribution in [-0.2, 0) is 9.98 Å². The minimum absolute atomic E-state index is 0.322. The standard InChI is InChI=1S/C49H35OP/c1-49(2)43-24-11-12-25-45(43)51(50,36-28-26-32-14-3-4-16-34(32)30-36)46-31-35(27-29-44(46)49)47-39-19-7-9-21-41(39)48(42-22-10-8-20-40(42)47)38-23-13-17-33-15-5-6-18-37(33)38/h3-31H,1-2H3. The SMILES string of the molecule is CC1(C)c2ccccc2P(=O)(c2ccc3ccccc3c2)c2cc(-c3c4ccccc4c(-c4cccc5ccccc45)c4ccccc34)ccc21. The van der Waals surface area contributed by atoms with Crippen LogP contribution >= 0.6 is 7.14 Å². The van der Waals surface area contributed by atoms with Gasteiger partial charge in [-0.1, -0.05) is 178 Å². The van der Waals surface area contributed by atoms with E-state index in [4.69, 9.17) is 0 Å². The molecule has 1 nitrogen and oxygen atoms in total. The van der Waals surface area contributed by atoms with Gasteiger partial charge in [-0.2, -0.15) is 0 Å². The van der Waals surface area contributed by atoms with Crippen LogP contribution in [0.3, 0.4) is 0 Å². The molecular formula is C49H35OP. The second kappa shape index (κ2) is 11.1. The van der Waals surface area contributed by atoms with Crippen molar-refractivity contribution in [3.63, 3.8) is 0 Å². The highest BCUT2D eigenvalue weighted by Gasteiger charge is 2.45. The average molecular weight is 671 g/mol. The molecule has 0 fully saturated rings. The summed E-state index contributed by atoms with van der Waals surface area (Å²) < 4.78 is 16.3. The highest BCUT2D eigenvalue weighted by molar-refractivity contribution is 7.85. The maximum atomic E-state index is 16.3. The van der Waals surface area contributed by atoms with Gasteiger partial charge in [-0.05, 0) is 88.6 Å². The second-order valence-electron chi connectivity index (χ2n) is 14.4. The minimum Gasteiger partial charge on any atom is -0.309 e. The number of benzene rings is 9. The third-order valence-electron chi connectivity index (χ3n) is 11.3. The van der Waals surface area contributed by atoms with Gasteiger partial charge in [-0.15, -0.1) is 0 Å². The Balaban J connectivity index is 1.30. The summed E-state index contributed by atoms with van der Waals surface area (Å²) in [7, 11) is -3.28. The van der Waals surface area contributed by atoms with Gasteiger partial charge >= 0.3 is 0 Å². The first-order valence-electron chi connectivity index (χ1n) is 17.7. The first kappa shape index (κ1) is 30.1. The van der Waals surface area contributed by atoms with Crippen molar-refractivity contribution in [1.29, 1.82) is 0 Å². The second-order valence-corrected chi connectivity index (χ2v) is 17.1. The van der Waals surface area contributed by atoms with Crippen LogP contribution in [0.1, 0.15) is 25.0 Å². The van der Waals surface area contributed by atoms with E-state index in [1.54, 1.807) is 0 Å². The van der Waals surface area contributed by atoms with E-state index in [1.165, 1.54) is 49.0 Å². The van der Waals surface area contributed by atoms with Crippen LogP contribution in [0.4, 0.5) is 0 Å². The molecule has 0 aromatic heterocycles. The first-order chi connectivity index (χ1) is 24.9. The van der Waals surface area contributed by atoms with Crippen molar-refractivity contribution < 1.29 is 4.57 Å². The Labute approximate surface area is 298 Å². The van der Waals surface area contributed by atoms with Gasteiger partial charge in [0, 0.05) is 21.3 Å². The highest BCUT2D eigenvalue weighted by atomic mass is 31.2. The predicted molar refractivity (Wildman–Crippen MR) is 219 cm³/mol. The zero-order valence-electron chi connectivity index (χ0n) is 28.6. The van der Waals surface area contributed by atoms with Crippen LogP contribution in [0.15, 0.2) is 176 Å². The van der Waals surface area contributed by atoms with Crippen molar-refractivity contribution in [2.24, 2.45) is 0 Å². The van der Waals surface area contributed by atoms with E-state index in [-0.39, 0.29) is 5.41 Å². The summed E-state index contributed by atoms with van der Waals surface area (Å²) in [5, 5.41) is 12.3. The lowest BCUT2D eigenvalue weighted by molar-refractivity contribution is 0.586. The molecule has 1 atom stereocenters. The Bertz CT molecular complexity index is 2870. The summed E-state index contributed by atoms with van der Waals surface area (Å²) in [6, 6.07) is 62.9. The van der Waals surface area contributed by atoms with Crippen LogP contribution < -0.4 is 15.9 Å². The van der Waals surface area contributed by atoms with Gasteiger partial charge in [0.2, 0.25) is 0 Å². The Kier molecular flexibility index (Phi) is 6.57. The van der Waals surface area contributed by atoms with Gasteiger partial charge in [0.25, 0.3) is 0 Å². The molecule has 1 aliphatic heterocycles. The maximum Gasteiger partial charge on any atom is 0.171 e. The molecule has 0 N–H and O–H groups in total. The van der Waals surface area contributed by atoms with E-state index in [2.05, 4.69) is 184 Å². The monoisotopic (exact) mass is 670 g/mol. The van der Waals surface area contributed by atoms with Crippen molar-refractivity contribution in [3.8, 4) is 22.3 Å². The molecule has 51 heavy (non-hydrogen) atoms. The summed E-state index contributed by atoms with van der Waals surface area (Å²) in [6.07, 6.45) is 0.